The molecule has 0 aliphatic heterocycles. The standard InChI is InChI=1S/C15H18O3/c16-10-12-6-8-13(9-7-12)11-18-15(17)14-4-2-1-3-5-14/h1-5,10,12-13H,6-9,11H2. The Bertz CT molecular complexity index is 391. The van der Waals surface area contributed by atoms with E-state index in [2.05, 4.69) is 0 Å². The van der Waals surface area contributed by atoms with Gasteiger partial charge in [0.1, 0.15) is 6.29 Å². The van der Waals surface area contributed by atoms with Gasteiger partial charge in [-0.3, -0.25) is 0 Å². The van der Waals surface area contributed by atoms with E-state index in [1.807, 2.05) is 18.2 Å². The highest BCUT2D eigenvalue weighted by atomic mass is 16.5. The molecule has 0 spiro atoms. The minimum atomic E-state index is -0.256. The van der Waals surface area contributed by atoms with Crippen LogP contribution in [0.5, 0.6) is 0 Å². The van der Waals surface area contributed by atoms with E-state index in [9.17, 15) is 9.59 Å². The summed E-state index contributed by atoms with van der Waals surface area (Å²) in [7, 11) is 0. The van der Waals surface area contributed by atoms with Crippen LogP contribution in [0.15, 0.2) is 30.3 Å². The quantitative estimate of drug-likeness (QED) is 0.606. The number of carbonyl (C=O) groups is 2. The summed E-state index contributed by atoms with van der Waals surface area (Å²) in [5, 5.41) is 0. The van der Waals surface area contributed by atoms with Crippen LogP contribution in [0.4, 0.5) is 0 Å². The predicted molar refractivity (Wildman–Crippen MR) is 68.2 cm³/mol. The molecule has 0 aromatic heterocycles. The molecule has 3 heteroatoms. The van der Waals surface area contributed by atoms with E-state index in [0.717, 1.165) is 32.0 Å². The Morgan fingerprint density at radius 3 is 2.44 bits per heavy atom. The third-order valence-electron chi connectivity index (χ3n) is 3.54. The molecule has 18 heavy (non-hydrogen) atoms. The molecule has 2 rings (SSSR count). The number of carbonyl (C=O) groups excluding carboxylic acids is 2. The second-order valence-electron chi connectivity index (χ2n) is 4.88. The summed E-state index contributed by atoms with van der Waals surface area (Å²) >= 11 is 0. The molecule has 0 radical (unpaired) electrons. The summed E-state index contributed by atoms with van der Waals surface area (Å²) < 4.78 is 5.31. The molecule has 0 N–H and O–H groups in total. The van der Waals surface area contributed by atoms with E-state index < -0.39 is 0 Å². The van der Waals surface area contributed by atoms with Gasteiger partial charge in [-0.25, -0.2) is 4.79 Å². The lowest BCUT2D eigenvalue weighted by Crippen LogP contribution is -2.21. The highest BCUT2D eigenvalue weighted by Gasteiger charge is 2.21. The summed E-state index contributed by atoms with van der Waals surface area (Å²) in [6.07, 6.45) is 4.86. The molecule has 1 aliphatic rings. The van der Waals surface area contributed by atoms with Gasteiger partial charge in [0, 0.05) is 5.92 Å². The van der Waals surface area contributed by atoms with E-state index >= 15 is 0 Å². The van der Waals surface area contributed by atoms with Gasteiger partial charge in [0.15, 0.2) is 0 Å². The number of hydrogen-bond acceptors (Lipinski definition) is 3. The molecular weight excluding hydrogens is 228 g/mol. The van der Waals surface area contributed by atoms with Gasteiger partial charge in [-0.15, -0.1) is 0 Å². The van der Waals surface area contributed by atoms with Crippen LogP contribution in [0.1, 0.15) is 36.0 Å². The van der Waals surface area contributed by atoms with E-state index in [1.54, 1.807) is 12.1 Å². The zero-order chi connectivity index (χ0) is 12.8. The molecule has 0 saturated heterocycles. The first-order chi connectivity index (χ1) is 8.79. The number of hydrogen-bond donors (Lipinski definition) is 0. The van der Waals surface area contributed by atoms with Crippen molar-refractivity contribution in [3.8, 4) is 0 Å². The Labute approximate surface area is 107 Å². The fourth-order valence-electron chi connectivity index (χ4n) is 2.34. The number of rotatable bonds is 4. The number of ether oxygens (including phenoxy) is 1. The van der Waals surface area contributed by atoms with Crippen molar-refractivity contribution in [2.24, 2.45) is 11.8 Å². The van der Waals surface area contributed by atoms with Gasteiger partial charge in [-0.05, 0) is 43.7 Å². The summed E-state index contributed by atoms with van der Waals surface area (Å²) in [6.45, 7) is 0.472. The average molecular weight is 246 g/mol. The van der Waals surface area contributed by atoms with Crippen LogP contribution in [0.2, 0.25) is 0 Å². The smallest absolute Gasteiger partial charge is 0.338 e. The first kappa shape index (κ1) is 12.8. The maximum Gasteiger partial charge on any atom is 0.338 e. The zero-order valence-electron chi connectivity index (χ0n) is 10.4. The van der Waals surface area contributed by atoms with Crippen LogP contribution in [-0.2, 0) is 9.53 Å². The minimum Gasteiger partial charge on any atom is -0.462 e. The first-order valence-corrected chi connectivity index (χ1v) is 6.47. The van der Waals surface area contributed by atoms with Crippen molar-refractivity contribution in [3.63, 3.8) is 0 Å². The van der Waals surface area contributed by atoms with Crippen molar-refractivity contribution >= 4 is 12.3 Å². The SMILES string of the molecule is O=CC1CCC(COC(=O)c2ccccc2)CC1. The lowest BCUT2D eigenvalue weighted by Gasteiger charge is -2.24. The second-order valence-corrected chi connectivity index (χ2v) is 4.88. The summed E-state index contributed by atoms with van der Waals surface area (Å²) in [5.74, 6) is 0.369. The molecule has 3 nitrogen and oxygen atoms in total. The Morgan fingerprint density at radius 2 is 1.83 bits per heavy atom. The van der Waals surface area contributed by atoms with Crippen molar-refractivity contribution in [1.29, 1.82) is 0 Å². The maximum atomic E-state index is 11.7. The van der Waals surface area contributed by atoms with Crippen molar-refractivity contribution in [2.75, 3.05) is 6.61 Å². The summed E-state index contributed by atoms with van der Waals surface area (Å²) in [4.78, 5) is 22.4. The highest BCUT2D eigenvalue weighted by molar-refractivity contribution is 5.89. The third kappa shape index (κ3) is 3.42. The van der Waals surface area contributed by atoms with Gasteiger partial charge in [-0.1, -0.05) is 18.2 Å². The fourth-order valence-corrected chi connectivity index (χ4v) is 2.34. The summed E-state index contributed by atoms with van der Waals surface area (Å²) in [6, 6.07) is 9.03. The topological polar surface area (TPSA) is 43.4 Å². The average Bonchev–Trinajstić information content (AvgIpc) is 2.46. The van der Waals surface area contributed by atoms with Gasteiger partial charge >= 0.3 is 5.97 Å². The van der Waals surface area contributed by atoms with Crippen molar-refractivity contribution in [1.82, 2.24) is 0 Å². The van der Waals surface area contributed by atoms with Crippen molar-refractivity contribution in [3.05, 3.63) is 35.9 Å². The Morgan fingerprint density at radius 1 is 1.17 bits per heavy atom. The first-order valence-electron chi connectivity index (χ1n) is 6.47. The van der Waals surface area contributed by atoms with Gasteiger partial charge in [0.05, 0.1) is 12.2 Å². The highest BCUT2D eigenvalue weighted by Crippen LogP contribution is 2.27. The van der Waals surface area contributed by atoms with Crippen LogP contribution < -0.4 is 0 Å². The normalized spacial score (nSPS) is 23.3. The van der Waals surface area contributed by atoms with E-state index in [-0.39, 0.29) is 11.9 Å². The van der Waals surface area contributed by atoms with Crippen LogP contribution >= 0.6 is 0 Å². The molecule has 0 amide bonds. The van der Waals surface area contributed by atoms with Crippen LogP contribution in [-0.4, -0.2) is 18.9 Å². The Kier molecular flexibility index (Phi) is 4.51. The number of esters is 1. The molecule has 1 saturated carbocycles. The lowest BCUT2D eigenvalue weighted by molar-refractivity contribution is -0.112. The summed E-state index contributed by atoms with van der Waals surface area (Å²) in [5.41, 5.74) is 0.596. The number of benzene rings is 1. The van der Waals surface area contributed by atoms with Crippen LogP contribution in [0, 0.1) is 11.8 Å². The Balaban J connectivity index is 1.76. The maximum absolute atomic E-state index is 11.7. The van der Waals surface area contributed by atoms with Crippen molar-refractivity contribution in [2.45, 2.75) is 25.7 Å². The van der Waals surface area contributed by atoms with Gasteiger partial charge < -0.3 is 9.53 Å². The van der Waals surface area contributed by atoms with E-state index in [0.29, 0.717) is 18.1 Å². The van der Waals surface area contributed by atoms with E-state index in [4.69, 9.17) is 4.74 Å². The molecular formula is C15H18O3. The van der Waals surface area contributed by atoms with Gasteiger partial charge in [-0.2, -0.15) is 0 Å². The predicted octanol–water partition coefficient (Wildman–Crippen LogP) is 2.85. The zero-order valence-corrected chi connectivity index (χ0v) is 10.4. The van der Waals surface area contributed by atoms with Crippen LogP contribution in [0.25, 0.3) is 0 Å². The van der Waals surface area contributed by atoms with Crippen molar-refractivity contribution < 1.29 is 14.3 Å². The molecule has 0 bridgehead atoms. The second kappa shape index (κ2) is 6.34. The molecule has 1 aromatic carbocycles. The molecule has 0 heterocycles. The molecule has 1 aliphatic carbocycles. The molecule has 1 fully saturated rings. The van der Waals surface area contributed by atoms with Gasteiger partial charge in [0.2, 0.25) is 0 Å². The minimum absolute atomic E-state index is 0.214. The molecule has 0 unspecified atom stereocenters. The van der Waals surface area contributed by atoms with Crippen LogP contribution in [0.3, 0.4) is 0 Å². The molecule has 1 aromatic rings. The fraction of sp³-hybridized carbons (Fsp3) is 0.467. The van der Waals surface area contributed by atoms with Gasteiger partial charge in [0.25, 0.3) is 0 Å². The largest absolute Gasteiger partial charge is 0.462 e. The Hall–Kier alpha value is -1.64. The monoisotopic (exact) mass is 246 g/mol. The third-order valence-corrected chi connectivity index (χ3v) is 3.54. The number of aldehydes is 1. The lowest BCUT2D eigenvalue weighted by atomic mass is 9.83. The molecule has 0 atom stereocenters. The molecule has 96 valence electrons. The van der Waals surface area contributed by atoms with E-state index in [1.165, 1.54) is 0 Å².